The fourth-order valence-corrected chi connectivity index (χ4v) is 3.82. The summed E-state index contributed by atoms with van der Waals surface area (Å²) in [5.74, 6) is -5.45. The summed E-state index contributed by atoms with van der Waals surface area (Å²) >= 11 is 0. The second-order valence-electron chi connectivity index (χ2n) is 8.78. The number of fused-ring (bicyclic) bond motifs is 1. The Bertz CT molecular complexity index is 1340. The van der Waals surface area contributed by atoms with Crippen LogP contribution in [-0.2, 0) is 15.5 Å². The van der Waals surface area contributed by atoms with Crippen LogP contribution < -0.4 is 10.4 Å². The smallest absolute Gasteiger partial charge is 0.458 e. The minimum atomic E-state index is -5.85. The molecule has 1 heterocycles. The van der Waals surface area contributed by atoms with Gasteiger partial charge in [0.25, 0.3) is 0 Å². The summed E-state index contributed by atoms with van der Waals surface area (Å²) in [6, 6.07) is 9.52. The van der Waals surface area contributed by atoms with Gasteiger partial charge in [-0.1, -0.05) is 30.8 Å². The summed E-state index contributed by atoms with van der Waals surface area (Å²) in [6.45, 7) is 8.50. The maximum atomic E-state index is 14.1. The highest BCUT2D eigenvalue weighted by Crippen LogP contribution is 2.46. The van der Waals surface area contributed by atoms with Crippen molar-refractivity contribution >= 4 is 16.9 Å². The van der Waals surface area contributed by atoms with E-state index in [1.165, 1.54) is 30.3 Å². The first-order valence-corrected chi connectivity index (χ1v) is 10.8. The molecule has 192 valence electrons. The quantitative estimate of drug-likeness (QED) is 0.145. The van der Waals surface area contributed by atoms with Crippen LogP contribution in [0, 0.1) is 0 Å². The SMILES string of the molecule is C=CC(=O)OC(C)(C)CC(C)Oc1ccc2cc(-c3ccccc3C(F)(F)C(F)(F)F)c(=O)oc2c1. The first-order valence-electron chi connectivity index (χ1n) is 10.8. The largest absolute Gasteiger partial charge is 0.490 e. The van der Waals surface area contributed by atoms with Gasteiger partial charge in [0.15, 0.2) is 0 Å². The number of carbonyl (C=O) groups is 1. The zero-order valence-electron chi connectivity index (χ0n) is 19.6. The van der Waals surface area contributed by atoms with E-state index in [2.05, 4.69) is 6.58 Å². The number of halogens is 5. The second-order valence-corrected chi connectivity index (χ2v) is 8.78. The zero-order chi connectivity index (χ0) is 26.9. The molecule has 1 atom stereocenters. The van der Waals surface area contributed by atoms with Crippen molar-refractivity contribution < 1.29 is 40.6 Å². The molecule has 1 unspecified atom stereocenters. The topological polar surface area (TPSA) is 65.7 Å². The predicted molar refractivity (Wildman–Crippen MR) is 123 cm³/mol. The van der Waals surface area contributed by atoms with E-state index in [1.54, 1.807) is 20.8 Å². The van der Waals surface area contributed by atoms with Gasteiger partial charge in [-0.15, -0.1) is 0 Å². The molecular weight excluding hydrogens is 487 g/mol. The number of ether oxygens (including phenoxy) is 2. The van der Waals surface area contributed by atoms with Gasteiger partial charge < -0.3 is 13.9 Å². The van der Waals surface area contributed by atoms with Crippen molar-refractivity contribution in [2.75, 3.05) is 0 Å². The van der Waals surface area contributed by atoms with Crippen LogP contribution in [-0.4, -0.2) is 23.9 Å². The summed E-state index contributed by atoms with van der Waals surface area (Å²) in [4.78, 5) is 24.1. The van der Waals surface area contributed by atoms with Crippen molar-refractivity contribution in [3.05, 3.63) is 77.2 Å². The fraction of sp³-hybridized carbons (Fsp3) is 0.308. The van der Waals surface area contributed by atoms with E-state index in [9.17, 15) is 31.5 Å². The Hall–Kier alpha value is -3.69. The lowest BCUT2D eigenvalue weighted by Gasteiger charge is -2.28. The van der Waals surface area contributed by atoms with E-state index in [1.807, 2.05) is 0 Å². The Labute approximate surface area is 203 Å². The molecule has 10 heteroatoms. The van der Waals surface area contributed by atoms with Crippen LogP contribution in [0.1, 0.15) is 32.8 Å². The maximum Gasteiger partial charge on any atom is 0.458 e. The van der Waals surface area contributed by atoms with Gasteiger partial charge in [-0.05, 0) is 44.5 Å². The highest BCUT2D eigenvalue weighted by atomic mass is 19.4. The standard InChI is InChI=1S/C26H23F5O5/c1-5-22(32)36-24(3,4)14-15(2)34-17-11-10-16-12-19(23(33)35-21(16)13-17)18-8-6-7-9-20(18)25(27,28)26(29,30)31/h5-13,15H,1,14H2,2-4H3. The molecule has 36 heavy (non-hydrogen) atoms. The second kappa shape index (κ2) is 9.75. The average molecular weight is 510 g/mol. The van der Waals surface area contributed by atoms with E-state index >= 15 is 0 Å². The number of hydrogen-bond donors (Lipinski definition) is 0. The molecule has 0 bridgehead atoms. The van der Waals surface area contributed by atoms with Crippen LogP contribution in [0.2, 0.25) is 0 Å². The van der Waals surface area contributed by atoms with Gasteiger partial charge >= 0.3 is 23.7 Å². The fourth-order valence-electron chi connectivity index (χ4n) is 3.82. The van der Waals surface area contributed by atoms with Gasteiger partial charge in [0.1, 0.15) is 16.9 Å². The van der Waals surface area contributed by atoms with Gasteiger partial charge in [-0.3, -0.25) is 0 Å². The van der Waals surface area contributed by atoms with Crippen molar-refractivity contribution in [2.24, 2.45) is 0 Å². The first kappa shape index (κ1) is 26.9. The highest BCUT2D eigenvalue weighted by molar-refractivity contribution is 5.83. The molecule has 5 nitrogen and oxygen atoms in total. The molecule has 3 rings (SSSR count). The van der Waals surface area contributed by atoms with E-state index in [0.29, 0.717) is 18.2 Å². The van der Waals surface area contributed by atoms with Crippen LogP contribution in [0.25, 0.3) is 22.1 Å². The van der Waals surface area contributed by atoms with Crippen molar-refractivity contribution in [1.82, 2.24) is 0 Å². The van der Waals surface area contributed by atoms with Gasteiger partial charge in [-0.25, -0.2) is 9.59 Å². The monoisotopic (exact) mass is 510 g/mol. The molecule has 0 radical (unpaired) electrons. The summed E-state index contributed by atoms with van der Waals surface area (Å²) < 4.78 is 83.6. The lowest BCUT2D eigenvalue weighted by Crippen LogP contribution is -2.34. The molecule has 2 aromatic carbocycles. The van der Waals surface area contributed by atoms with E-state index in [0.717, 1.165) is 18.2 Å². The Balaban J connectivity index is 1.92. The lowest BCUT2D eigenvalue weighted by atomic mass is 9.95. The zero-order valence-corrected chi connectivity index (χ0v) is 19.6. The Morgan fingerprint density at radius 1 is 1.06 bits per heavy atom. The van der Waals surface area contributed by atoms with Crippen LogP contribution in [0.5, 0.6) is 5.75 Å². The third-order valence-electron chi connectivity index (χ3n) is 5.28. The Kier molecular flexibility index (Phi) is 7.29. The van der Waals surface area contributed by atoms with Crippen molar-refractivity contribution in [3.8, 4) is 16.9 Å². The highest BCUT2D eigenvalue weighted by Gasteiger charge is 2.59. The number of rotatable bonds is 8. The summed E-state index contributed by atoms with van der Waals surface area (Å²) in [7, 11) is 0. The summed E-state index contributed by atoms with van der Waals surface area (Å²) in [6.07, 6.45) is -4.91. The predicted octanol–water partition coefficient (Wildman–Crippen LogP) is 6.78. The molecule has 0 aliphatic heterocycles. The normalized spacial score (nSPS) is 13.3. The van der Waals surface area contributed by atoms with Crippen LogP contribution >= 0.6 is 0 Å². The van der Waals surface area contributed by atoms with Gasteiger partial charge in [0, 0.05) is 29.5 Å². The molecule has 0 aliphatic carbocycles. The maximum absolute atomic E-state index is 14.1. The molecule has 0 saturated carbocycles. The van der Waals surface area contributed by atoms with Crippen molar-refractivity contribution in [3.63, 3.8) is 0 Å². The number of hydrogen-bond acceptors (Lipinski definition) is 5. The number of benzene rings is 2. The van der Waals surface area contributed by atoms with Crippen molar-refractivity contribution in [2.45, 2.75) is 51.0 Å². The van der Waals surface area contributed by atoms with Gasteiger partial charge in [0.2, 0.25) is 0 Å². The summed E-state index contributed by atoms with van der Waals surface area (Å²) in [5.41, 5.74) is -4.26. The van der Waals surface area contributed by atoms with Crippen LogP contribution in [0.4, 0.5) is 22.0 Å². The minimum absolute atomic E-state index is 0.0471. The number of carbonyl (C=O) groups excluding carboxylic acids is 1. The van der Waals surface area contributed by atoms with E-state index in [-0.39, 0.29) is 11.0 Å². The lowest BCUT2D eigenvalue weighted by molar-refractivity contribution is -0.289. The van der Waals surface area contributed by atoms with Crippen LogP contribution in [0.15, 0.2) is 70.4 Å². The van der Waals surface area contributed by atoms with Gasteiger partial charge in [0.05, 0.1) is 11.7 Å². The first-order chi connectivity index (χ1) is 16.6. The Morgan fingerprint density at radius 2 is 1.72 bits per heavy atom. The van der Waals surface area contributed by atoms with Crippen molar-refractivity contribution in [1.29, 1.82) is 0 Å². The van der Waals surface area contributed by atoms with E-state index < -0.39 is 52.1 Å². The third-order valence-corrected chi connectivity index (χ3v) is 5.28. The number of esters is 1. The molecule has 3 aromatic rings. The Morgan fingerprint density at radius 3 is 2.36 bits per heavy atom. The average Bonchev–Trinajstić information content (AvgIpc) is 2.76. The molecular formula is C26H23F5O5. The molecule has 0 saturated heterocycles. The van der Waals surface area contributed by atoms with Gasteiger partial charge in [-0.2, -0.15) is 22.0 Å². The molecule has 1 aromatic heterocycles. The molecule has 0 amide bonds. The molecule has 0 spiro atoms. The molecule has 0 fully saturated rings. The molecule has 0 N–H and O–H groups in total. The van der Waals surface area contributed by atoms with E-state index in [4.69, 9.17) is 13.9 Å². The third kappa shape index (κ3) is 5.75. The summed E-state index contributed by atoms with van der Waals surface area (Å²) in [5, 5.41) is 0.287. The van der Waals surface area contributed by atoms with Crippen LogP contribution in [0.3, 0.4) is 0 Å². The number of alkyl halides is 5. The molecule has 0 aliphatic rings. The minimum Gasteiger partial charge on any atom is -0.490 e.